The molecule has 0 saturated carbocycles. The van der Waals surface area contributed by atoms with Gasteiger partial charge in [-0.3, -0.25) is 4.79 Å². The molecule has 0 bridgehead atoms. The summed E-state index contributed by atoms with van der Waals surface area (Å²) in [6.07, 6.45) is 0.0943. The standard InChI is InChI=1S/C11H17N3O3S/c1-8-3-4-9(7-10(8)12)18(16,17)14-6-5-11(15)13-2/h3-4,7,14H,5-6,12H2,1-2H3,(H,13,15). The van der Waals surface area contributed by atoms with Gasteiger partial charge in [-0.25, -0.2) is 13.1 Å². The maximum Gasteiger partial charge on any atom is 0.240 e. The zero-order valence-corrected chi connectivity index (χ0v) is 11.2. The minimum Gasteiger partial charge on any atom is -0.398 e. The van der Waals surface area contributed by atoms with Gasteiger partial charge in [0.15, 0.2) is 0 Å². The molecular formula is C11H17N3O3S. The topological polar surface area (TPSA) is 101 Å². The van der Waals surface area contributed by atoms with Crippen molar-refractivity contribution >= 4 is 21.6 Å². The molecule has 0 fully saturated rings. The number of hydrogen-bond acceptors (Lipinski definition) is 4. The van der Waals surface area contributed by atoms with E-state index < -0.39 is 10.0 Å². The van der Waals surface area contributed by atoms with E-state index in [1.54, 1.807) is 13.0 Å². The van der Waals surface area contributed by atoms with Gasteiger partial charge in [-0.05, 0) is 24.6 Å². The molecule has 0 atom stereocenters. The number of carbonyl (C=O) groups is 1. The van der Waals surface area contributed by atoms with Gasteiger partial charge in [0.05, 0.1) is 4.90 Å². The molecule has 0 saturated heterocycles. The first-order valence-corrected chi connectivity index (χ1v) is 6.91. The Morgan fingerprint density at radius 2 is 2.06 bits per heavy atom. The number of rotatable bonds is 5. The molecule has 18 heavy (non-hydrogen) atoms. The van der Waals surface area contributed by atoms with Crippen LogP contribution >= 0.6 is 0 Å². The van der Waals surface area contributed by atoms with E-state index in [-0.39, 0.29) is 23.8 Å². The second-order valence-corrected chi connectivity index (χ2v) is 5.61. The summed E-state index contributed by atoms with van der Waals surface area (Å²) in [5, 5.41) is 2.41. The van der Waals surface area contributed by atoms with Crippen LogP contribution in [0.1, 0.15) is 12.0 Å². The summed E-state index contributed by atoms with van der Waals surface area (Å²) in [6.45, 7) is 1.85. The number of sulfonamides is 1. The van der Waals surface area contributed by atoms with Gasteiger partial charge in [0.1, 0.15) is 0 Å². The molecular weight excluding hydrogens is 254 g/mol. The molecule has 1 amide bonds. The van der Waals surface area contributed by atoms with E-state index in [1.165, 1.54) is 19.2 Å². The molecule has 0 radical (unpaired) electrons. The van der Waals surface area contributed by atoms with Crippen LogP contribution < -0.4 is 15.8 Å². The predicted molar refractivity (Wildman–Crippen MR) is 69.5 cm³/mol. The van der Waals surface area contributed by atoms with Gasteiger partial charge in [0, 0.05) is 25.7 Å². The number of anilines is 1. The first-order chi connectivity index (χ1) is 8.36. The zero-order chi connectivity index (χ0) is 13.8. The third-order valence-corrected chi connectivity index (χ3v) is 3.94. The number of aryl methyl sites for hydroxylation is 1. The van der Waals surface area contributed by atoms with Gasteiger partial charge in [0.2, 0.25) is 15.9 Å². The summed E-state index contributed by atoms with van der Waals surface area (Å²) in [5.41, 5.74) is 6.90. The highest BCUT2D eigenvalue weighted by molar-refractivity contribution is 7.89. The van der Waals surface area contributed by atoms with Crippen LogP contribution in [-0.4, -0.2) is 27.9 Å². The van der Waals surface area contributed by atoms with E-state index in [2.05, 4.69) is 10.0 Å². The molecule has 1 aromatic rings. The Hall–Kier alpha value is -1.60. The molecule has 4 N–H and O–H groups in total. The molecule has 6 nitrogen and oxygen atoms in total. The third kappa shape index (κ3) is 3.71. The number of nitrogens with one attached hydrogen (secondary N) is 2. The molecule has 7 heteroatoms. The van der Waals surface area contributed by atoms with Crippen molar-refractivity contribution < 1.29 is 13.2 Å². The van der Waals surface area contributed by atoms with Gasteiger partial charge < -0.3 is 11.1 Å². The zero-order valence-electron chi connectivity index (χ0n) is 10.4. The number of benzene rings is 1. The summed E-state index contributed by atoms with van der Waals surface area (Å²) in [6, 6.07) is 4.52. The molecule has 0 aliphatic heterocycles. The average Bonchev–Trinajstić information content (AvgIpc) is 2.32. The SMILES string of the molecule is CNC(=O)CCNS(=O)(=O)c1ccc(C)c(N)c1. The average molecular weight is 271 g/mol. The number of amides is 1. The van der Waals surface area contributed by atoms with Crippen molar-refractivity contribution in [2.45, 2.75) is 18.2 Å². The van der Waals surface area contributed by atoms with Gasteiger partial charge in [-0.15, -0.1) is 0 Å². The first kappa shape index (κ1) is 14.5. The molecule has 1 rings (SSSR count). The Morgan fingerprint density at radius 3 is 2.61 bits per heavy atom. The van der Waals surface area contributed by atoms with E-state index >= 15 is 0 Å². The van der Waals surface area contributed by atoms with Gasteiger partial charge in [0.25, 0.3) is 0 Å². The van der Waals surface area contributed by atoms with E-state index in [0.29, 0.717) is 5.69 Å². The molecule has 100 valence electrons. The second kappa shape index (κ2) is 5.83. The number of nitrogen functional groups attached to an aromatic ring is 1. The van der Waals surface area contributed by atoms with Crippen LogP contribution in [0.25, 0.3) is 0 Å². The van der Waals surface area contributed by atoms with Crippen LogP contribution in [-0.2, 0) is 14.8 Å². The van der Waals surface area contributed by atoms with Crippen LogP contribution in [0.15, 0.2) is 23.1 Å². The maximum absolute atomic E-state index is 11.9. The fraction of sp³-hybridized carbons (Fsp3) is 0.364. The molecule has 0 aromatic heterocycles. The third-order valence-electron chi connectivity index (χ3n) is 2.48. The predicted octanol–water partition coefficient (Wildman–Crippen LogP) is -0.00838. The lowest BCUT2D eigenvalue weighted by atomic mass is 10.2. The fourth-order valence-electron chi connectivity index (χ4n) is 1.29. The number of carbonyl (C=O) groups excluding carboxylic acids is 1. The lowest BCUT2D eigenvalue weighted by molar-refractivity contribution is -0.120. The first-order valence-electron chi connectivity index (χ1n) is 5.43. The Balaban J connectivity index is 2.74. The Bertz CT molecular complexity index is 540. The molecule has 1 aromatic carbocycles. The normalized spacial score (nSPS) is 11.2. The highest BCUT2D eigenvalue weighted by Crippen LogP contribution is 2.16. The second-order valence-electron chi connectivity index (χ2n) is 3.84. The highest BCUT2D eigenvalue weighted by atomic mass is 32.2. The van der Waals surface area contributed by atoms with E-state index in [1.807, 2.05) is 0 Å². The van der Waals surface area contributed by atoms with Crippen LogP contribution in [0.2, 0.25) is 0 Å². The van der Waals surface area contributed by atoms with Crippen molar-refractivity contribution in [2.75, 3.05) is 19.3 Å². The number of hydrogen-bond donors (Lipinski definition) is 3. The van der Waals surface area contributed by atoms with E-state index in [9.17, 15) is 13.2 Å². The van der Waals surface area contributed by atoms with Gasteiger partial charge >= 0.3 is 0 Å². The largest absolute Gasteiger partial charge is 0.398 e. The van der Waals surface area contributed by atoms with Crippen LogP contribution in [0, 0.1) is 6.92 Å². The monoisotopic (exact) mass is 271 g/mol. The van der Waals surface area contributed by atoms with Gasteiger partial charge in [-0.2, -0.15) is 0 Å². The van der Waals surface area contributed by atoms with Crippen molar-refractivity contribution in [1.82, 2.24) is 10.0 Å². The highest BCUT2D eigenvalue weighted by Gasteiger charge is 2.14. The minimum atomic E-state index is -3.61. The van der Waals surface area contributed by atoms with Gasteiger partial charge in [-0.1, -0.05) is 6.07 Å². The summed E-state index contributed by atoms with van der Waals surface area (Å²) in [4.78, 5) is 11.1. The maximum atomic E-state index is 11.9. The summed E-state index contributed by atoms with van der Waals surface area (Å²) >= 11 is 0. The molecule has 0 aliphatic carbocycles. The Morgan fingerprint density at radius 1 is 1.39 bits per heavy atom. The summed E-state index contributed by atoms with van der Waals surface area (Å²) < 4.78 is 26.1. The number of nitrogens with two attached hydrogens (primary N) is 1. The molecule has 0 unspecified atom stereocenters. The molecule has 0 spiro atoms. The van der Waals surface area contributed by atoms with Crippen molar-refractivity contribution in [3.63, 3.8) is 0 Å². The van der Waals surface area contributed by atoms with Crippen molar-refractivity contribution in [3.05, 3.63) is 23.8 Å². The van der Waals surface area contributed by atoms with Crippen molar-refractivity contribution in [3.8, 4) is 0 Å². The lowest BCUT2D eigenvalue weighted by Gasteiger charge is -2.08. The van der Waals surface area contributed by atoms with Crippen molar-refractivity contribution in [1.29, 1.82) is 0 Å². The Kier molecular flexibility index (Phi) is 4.69. The quantitative estimate of drug-likeness (QED) is 0.656. The van der Waals surface area contributed by atoms with Crippen molar-refractivity contribution in [2.24, 2.45) is 0 Å². The summed E-state index contributed by atoms with van der Waals surface area (Å²) in [7, 11) is -2.12. The fourth-order valence-corrected chi connectivity index (χ4v) is 2.36. The summed E-state index contributed by atoms with van der Waals surface area (Å²) in [5.74, 6) is -0.221. The minimum absolute atomic E-state index is 0.0514. The Labute approximate surface area is 107 Å². The van der Waals surface area contributed by atoms with E-state index in [4.69, 9.17) is 5.73 Å². The molecule has 0 heterocycles. The van der Waals surface area contributed by atoms with E-state index in [0.717, 1.165) is 5.56 Å². The molecule has 0 aliphatic rings. The smallest absolute Gasteiger partial charge is 0.240 e. The lowest BCUT2D eigenvalue weighted by Crippen LogP contribution is -2.29. The van der Waals surface area contributed by atoms with Crippen LogP contribution in [0.3, 0.4) is 0 Å². The van der Waals surface area contributed by atoms with Crippen LogP contribution in [0.4, 0.5) is 5.69 Å². The van der Waals surface area contributed by atoms with Crippen LogP contribution in [0.5, 0.6) is 0 Å².